The summed E-state index contributed by atoms with van der Waals surface area (Å²) in [7, 11) is 3.23. The fraction of sp³-hybridized carbons (Fsp3) is 0.294. The van der Waals surface area contributed by atoms with Crippen LogP contribution >= 0.6 is 0 Å². The predicted molar refractivity (Wildman–Crippen MR) is 83.6 cm³/mol. The normalized spacial score (nSPS) is 10.3. The number of hydrogen-bond acceptors (Lipinski definition) is 4. The average Bonchev–Trinajstić information content (AvgIpc) is 2.50. The molecule has 0 saturated heterocycles. The SMILES string of the molecule is COc1cc(OC)cc(Oc2ccc(C)cc2CCN)c1. The third-order valence-corrected chi connectivity index (χ3v) is 3.18. The molecule has 0 spiro atoms. The minimum atomic E-state index is 0.585. The fourth-order valence-electron chi connectivity index (χ4n) is 2.13. The van der Waals surface area contributed by atoms with Crippen LogP contribution in [0, 0.1) is 6.92 Å². The van der Waals surface area contributed by atoms with Crippen molar-refractivity contribution >= 4 is 0 Å². The summed E-state index contributed by atoms with van der Waals surface area (Å²) in [4.78, 5) is 0. The Hall–Kier alpha value is -2.20. The number of rotatable bonds is 6. The van der Waals surface area contributed by atoms with Crippen LogP contribution in [-0.4, -0.2) is 20.8 Å². The van der Waals surface area contributed by atoms with Gasteiger partial charge in [0.05, 0.1) is 14.2 Å². The standard InChI is InChI=1S/C17H21NO3/c1-12-4-5-17(13(8-12)6-7-18)21-16-10-14(19-2)9-15(11-16)20-3/h4-5,8-11H,6-7,18H2,1-3H3. The van der Waals surface area contributed by atoms with Gasteiger partial charge in [-0.1, -0.05) is 17.7 Å². The molecule has 0 fully saturated rings. The lowest BCUT2D eigenvalue weighted by molar-refractivity contribution is 0.386. The zero-order valence-electron chi connectivity index (χ0n) is 12.7. The lowest BCUT2D eigenvalue weighted by Gasteiger charge is -2.13. The van der Waals surface area contributed by atoms with E-state index in [-0.39, 0.29) is 0 Å². The van der Waals surface area contributed by atoms with E-state index >= 15 is 0 Å². The number of benzene rings is 2. The molecular formula is C17H21NO3. The van der Waals surface area contributed by atoms with Crippen molar-refractivity contribution in [3.63, 3.8) is 0 Å². The second-order valence-electron chi connectivity index (χ2n) is 4.80. The summed E-state index contributed by atoms with van der Waals surface area (Å²) < 4.78 is 16.5. The Morgan fingerprint density at radius 2 is 1.52 bits per heavy atom. The van der Waals surface area contributed by atoms with E-state index in [9.17, 15) is 0 Å². The maximum Gasteiger partial charge on any atom is 0.134 e. The van der Waals surface area contributed by atoms with E-state index in [4.69, 9.17) is 19.9 Å². The highest BCUT2D eigenvalue weighted by Gasteiger charge is 2.08. The van der Waals surface area contributed by atoms with E-state index in [1.54, 1.807) is 14.2 Å². The van der Waals surface area contributed by atoms with Crippen molar-refractivity contribution in [2.45, 2.75) is 13.3 Å². The van der Waals surface area contributed by atoms with Gasteiger partial charge in [-0.25, -0.2) is 0 Å². The van der Waals surface area contributed by atoms with Gasteiger partial charge >= 0.3 is 0 Å². The van der Waals surface area contributed by atoms with Crippen molar-refractivity contribution in [2.75, 3.05) is 20.8 Å². The Bertz CT molecular complexity index is 589. The molecule has 0 aliphatic carbocycles. The highest BCUT2D eigenvalue weighted by molar-refractivity contribution is 5.46. The van der Waals surface area contributed by atoms with E-state index < -0.39 is 0 Å². The van der Waals surface area contributed by atoms with Crippen molar-refractivity contribution < 1.29 is 14.2 Å². The molecule has 0 atom stereocenters. The maximum atomic E-state index is 5.99. The average molecular weight is 287 g/mol. The minimum Gasteiger partial charge on any atom is -0.496 e. The Morgan fingerprint density at radius 3 is 2.10 bits per heavy atom. The van der Waals surface area contributed by atoms with Gasteiger partial charge in [-0.2, -0.15) is 0 Å². The topological polar surface area (TPSA) is 53.7 Å². The second kappa shape index (κ2) is 6.99. The van der Waals surface area contributed by atoms with Gasteiger partial charge in [-0.15, -0.1) is 0 Å². The maximum absolute atomic E-state index is 5.99. The summed E-state index contributed by atoms with van der Waals surface area (Å²) in [5, 5.41) is 0. The van der Waals surface area contributed by atoms with Gasteiger partial charge in [0.15, 0.2) is 0 Å². The molecular weight excluding hydrogens is 266 g/mol. The molecule has 0 aromatic heterocycles. The van der Waals surface area contributed by atoms with Crippen LogP contribution in [0.2, 0.25) is 0 Å². The van der Waals surface area contributed by atoms with E-state index in [0.29, 0.717) is 23.8 Å². The van der Waals surface area contributed by atoms with Crippen LogP contribution in [0.4, 0.5) is 0 Å². The fourth-order valence-corrected chi connectivity index (χ4v) is 2.13. The number of ether oxygens (including phenoxy) is 3. The molecule has 0 bridgehead atoms. The molecule has 2 N–H and O–H groups in total. The highest BCUT2D eigenvalue weighted by Crippen LogP contribution is 2.32. The summed E-state index contributed by atoms with van der Waals surface area (Å²) >= 11 is 0. The summed E-state index contributed by atoms with van der Waals surface area (Å²) in [6, 6.07) is 11.5. The third-order valence-electron chi connectivity index (χ3n) is 3.18. The van der Waals surface area contributed by atoms with Crippen LogP contribution in [0.25, 0.3) is 0 Å². The monoisotopic (exact) mass is 287 g/mol. The molecule has 0 radical (unpaired) electrons. The molecule has 0 saturated carbocycles. The van der Waals surface area contributed by atoms with Crippen molar-refractivity contribution in [2.24, 2.45) is 5.73 Å². The molecule has 4 nitrogen and oxygen atoms in total. The molecule has 0 aliphatic rings. The molecule has 2 aromatic rings. The Kier molecular flexibility index (Phi) is 5.06. The largest absolute Gasteiger partial charge is 0.496 e. The number of nitrogens with two attached hydrogens (primary N) is 1. The van der Waals surface area contributed by atoms with Gasteiger partial charge in [0.25, 0.3) is 0 Å². The van der Waals surface area contributed by atoms with E-state index in [2.05, 4.69) is 13.0 Å². The first kappa shape index (κ1) is 15.2. The zero-order chi connectivity index (χ0) is 15.2. The highest BCUT2D eigenvalue weighted by atomic mass is 16.5. The molecule has 0 amide bonds. The van der Waals surface area contributed by atoms with Crippen LogP contribution in [-0.2, 0) is 6.42 Å². The van der Waals surface area contributed by atoms with E-state index in [1.165, 1.54) is 5.56 Å². The molecule has 0 heterocycles. The predicted octanol–water partition coefficient (Wildman–Crippen LogP) is 3.31. The van der Waals surface area contributed by atoms with Crippen LogP contribution in [0.1, 0.15) is 11.1 Å². The Morgan fingerprint density at radius 1 is 0.905 bits per heavy atom. The summed E-state index contributed by atoms with van der Waals surface area (Å²) in [6.45, 7) is 2.64. The quantitative estimate of drug-likeness (QED) is 0.885. The van der Waals surface area contributed by atoms with Crippen LogP contribution in [0.3, 0.4) is 0 Å². The lowest BCUT2D eigenvalue weighted by atomic mass is 10.1. The minimum absolute atomic E-state index is 0.585. The molecule has 2 rings (SSSR count). The summed E-state index contributed by atoms with van der Waals surface area (Å²) in [6.07, 6.45) is 0.776. The van der Waals surface area contributed by atoms with Gasteiger partial charge in [-0.3, -0.25) is 0 Å². The molecule has 0 aliphatic heterocycles. The van der Waals surface area contributed by atoms with Gasteiger partial charge in [0.2, 0.25) is 0 Å². The second-order valence-corrected chi connectivity index (χ2v) is 4.80. The van der Waals surface area contributed by atoms with E-state index in [0.717, 1.165) is 17.7 Å². The first-order valence-electron chi connectivity index (χ1n) is 6.86. The van der Waals surface area contributed by atoms with E-state index in [1.807, 2.05) is 30.3 Å². The smallest absolute Gasteiger partial charge is 0.134 e. The van der Waals surface area contributed by atoms with Gasteiger partial charge in [0.1, 0.15) is 23.0 Å². The van der Waals surface area contributed by atoms with Crippen LogP contribution in [0.15, 0.2) is 36.4 Å². The number of methoxy groups -OCH3 is 2. The van der Waals surface area contributed by atoms with Crippen molar-refractivity contribution in [3.05, 3.63) is 47.5 Å². The first-order valence-corrected chi connectivity index (χ1v) is 6.86. The molecule has 21 heavy (non-hydrogen) atoms. The van der Waals surface area contributed by atoms with Crippen LogP contribution in [0.5, 0.6) is 23.0 Å². The molecule has 4 heteroatoms. The zero-order valence-corrected chi connectivity index (χ0v) is 12.7. The van der Waals surface area contributed by atoms with Crippen molar-refractivity contribution in [3.8, 4) is 23.0 Å². The Labute approximate surface area is 125 Å². The van der Waals surface area contributed by atoms with Crippen molar-refractivity contribution in [1.82, 2.24) is 0 Å². The van der Waals surface area contributed by atoms with Gasteiger partial charge < -0.3 is 19.9 Å². The summed E-state index contributed by atoms with van der Waals surface area (Å²) in [5.74, 6) is 2.86. The molecule has 2 aromatic carbocycles. The number of aryl methyl sites for hydroxylation is 1. The number of hydrogen-bond donors (Lipinski definition) is 1. The first-order chi connectivity index (χ1) is 10.2. The molecule has 0 unspecified atom stereocenters. The van der Waals surface area contributed by atoms with Gasteiger partial charge in [0, 0.05) is 18.2 Å². The lowest BCUT2D eigenvalue weighted by Crippen LogP contribution is -2.04. The molecule has 112 valence electrons. The van der Waals surface area contributed by atoms with Crippen molar-refractivity contribution in [1.29, 1.82) is 0 Å². The summed E-state index contributed by atoms with van der Waals surface area (Å²) in [5.41, 5.74) is 7.95. The van der Waals surface area contributed by atoms with Crippen LogP contribution < -0.4 is 19.9 Å². The Balaban J connectivity index is 2.33. The third kappa shape index (κ3) is 3.89. The van der Waals surface area contributed by atoms with Gasteiger partial charge in [-0.05, 0) is 31.5 Å².